The van der Waals surface area contributed by atoms with Crippen LogP contribution in [0.2, 0.25) is 5.02 Å². The van der Waals surface area contributed by atoms with Crippen LogP contribution in [0.3, 0.4) is 0 Å². The Hall–Kier alpha value is -2.38. The van der Waals surface area contributed by atoms with Gasteiger partial charge in [-0.3, -0.25) is 5.10 Å². The Labute approximate surface area is 148 Å². The van der Waals surface area contributed by atoms with Crippen LogP contribution >= 0.6 is 23.8 Å². The number of aromatic nitrogens is 3. The molecule has 0 atom stereocenters. The first-order chi connectivity index (χ1) is 11.6. The van der Waals surface area contributed by atoms with E-state index in [1.807, 2.05) is 24.3 Å². The van der Waals surface area contributed by atoms with Gasteiger partial charge in [-0.15, -0.1) is 0 Å². The summed E-state index contributed by atoms with van der Waals surface area (Å²) in [5.74, 6) is 0.249. The highest BCUT2D eigenvalue weighted by Crippen LogP contribution is 2.22. The third-order valence-electron chi connectivity index (χ3n) is 3.35. The fourth-order valence-corrected chi connectivity index (χ4v) is 2.49. The van der Waals surface area contributed by atoms with Crippen LogP contribution in [0.1, 0.15) is 11.1 Å². The molecule has 2 aromatic carbocycles. The summed E-state index contributed by atoms with van der Waals surface area (Å²) in [4.78, 5) is 0. The van der Waals surface area contributed by atoms with Crippen molar-refractivity contribution < 1.29 is 9.13 Å². The first-order valence-electron chi connectivity index (χ1n) is 7.14. The predicted octanol–water partition coefficient (Wildman–Crippen LogP) is 4.06. The van der Waals surface area contributed by atoms with Gasteiger partial charge >= 0.3 is 0 Å². The van der Waals surface area contributed by atoms with Crippen LogP contribution in [0.15, 0.2) is 48.8 Å². The number of H-pyrrole nitrogens is 1. The largest absolute Gasteiger partial charge is 0.489 e. The second-order valence-corrected chi connectivity index (χ2v) is 5.80. The van der Waals surface area contributed by atoms with E-state index in [2.05, 4.69) is 15.6 Å². The van der Waals surface area contributed by atoms with Crippen molar-refractivity contribution in [3.8, 4) is 5.75 Å². The van der Waals surface area contributed by atoms with E-state index in [4.69, 9.17) is 28.6 Å². The number of halogens is 2. The van der Waals surface area contributed by atoms with E-state index in [0.29, 0.717) is 27.7 Å². The summed E-state index contributed by atoms with van der Waals surface area (Å²) in [7, 11) is 0. The lowest BCUT2D eigenvalue weighted by molar-refractivity contribution is 0.299. The van der Waals surface area contributed by atoms with Crippen molar-refractivity contribution in [1.29, 1.82) is 0 Å². The molecule has 0 aliphatic heterocycles. The lowest BCUT2D eigenvalue weighted by atomic mass is 10.2. The summed E-state index contributed by atoms with van der Waals surface area (Å²) in [5, 5.41) is 6.84. The second kappa shape index (κ2) is 7.46. The molecule has 124 valence electrons. The highest BCUT2D eigenvalue weighted by atomic mass is 35.5. The van der Waals surface area contributed by atoms with Gasteiger partial charge in [-0.25, -0.2) is 9.07 Å². The third kappa shape index (κ3) is 3.93. The number of ether oxygens (including phenoxy) is 1. The first kappa shape index (κ1) is 16.5. The standard InChI is InChI=1S/C16H14ClFN4OS/c17-14-5-2-6-15(18)13(14)9-23-12-4-1-3-11(7-12)8-20-22-10-19-21-16(22)24/h1-7,10,20H,8-9H2,(H,21,24). The average molecular weight is 365 g/mol. The Balaban J connectivity index is 1.65. The summed E-state index contributed by atoms with van der Waals surface area (Å²) >= 11 is 11.1. The van der Waals surface area contributed by atoms with E-state index in [1.165, 1.54) is 6.07 Å². The Kier molecular flexibility index (Phi) is 5.12. The quantitative estimate of drug-likeness (QED) is 0.648. The molecule has 3 rings (SSSR count). The normalized spacial score (nSPS) is 10.6. The number of hydrogen-bond donors (Lipinski definition) is 2. The number of benzene rings is 2. The summed E-state index contributed by atoms with van der Waals surface area (Å²) in [5.41, 5.74) is 4.43. The number of nitrogens with zero attached hydrogens (tertiary/aromatic N) is 2. The van der Waals surface area contributed by atoms with Gasteiger partial charge in [0.05, 0.1) is 11.6 Å². The van der Waals surface area contributed by atoms with Gasteiger partial charge in [0.2, 0.25) is 4.77 Å². The lowest BCUT2D eigenvalue weighted by Crippen LogP contribution is -2.13. The molecule has 2 N–H and O–H groups in total. The molecule has 0 saturated carbocycles. The number of aromatic amines is 1. The summed E-state index contributed by atoms with van der Waals surface area (Å²) < 4.78 is 21.5. The van der Waals surface area contributed by atoms with E-state index in [0.717, 1.165) is 5.56 Å². The van der Waals surface area contributed by atoms with Crippen molar-refractivity contribution in [1.82, 2.24) is 14.9 Å². The van der Waals surface area contributed by atoms with Gasteiger partial charge in [0.1, 0.15) is 24.5 Å². The molecule has 8 heteroatoms. The molecule has 5 nitrogen and oxygen atoms in total. The van der Waals surface area contributed by atoms with Gasteiger partial charge in [0.25, 0.3) is 0 Å². The minimum atomic E-state index is -0.380. The molecule has 1 aromatic heterocycles. The van der Waals surface area contributed by atoms with Crippen LogP contribution in [0, 0.1) is 10.6 Å². The van der Waals surface area contributed by atoms with E-state index in [9.17, 15) is 4.39 Å². The third-order valence-corrected chi connectivity index (χ3v) is 3.99. The van der Waals surface area contributed by atoms with Crippen LogP contribution in [-0.2, 0) is 13.2 Å². The van der Waals surface area contributed by atoms with Gasteiger partial charge in [0, 0.05) is 5.56 Å². The topological polar surface area (TPSA) is 54.9 Å². The zero-order valence-electron chi connectivity index (χ0n) is 12.5. The maximum Gasteiger partial charge on any atom is 0.214 e. The van der Waals surface area contributed by atoms with Crippen LogP contribution in [0.5, 0.6) is 5.75 Å². The molecule has 0 amide bonds. The van der Waals surface area contributed by atoms with Crippen LogP contribution in [0.25, 0.3) is 0 Å². The lowest BCUT2D eigenvalue weighted by Gasteiger charge is -2.11. The zero-order chi connectivity index (χ0) is 16.9. The molecule has 0 fully saturated rings. The molecular weight excluding hydrogens is 351 g/mol. The van der Waals surface area contributed by atoms with Crippen molar-refractivity contribution in [3.05, 3.63) is 75.5 Å². The van der Waals surface area contributed by atoms with Crippen LogP contribution < -0.4 is 10.2 Å². The Morgan fingerprint density at radius 2 is 2.12 bits per heavy atom. The number of rotatable bonds is 6. The van der Waals surface area contributed by atoms with E-state index in [1.54, 1.807) is 23.1 Å². The van der Waals surface area contributed by atoms with Crippen molar-refractivity contribution in [3.63, 3.8) is 0 Å². The fraction of sp³-hybridized carbons (Fsp3) is 0.125. The maximum absolute atomic E-state index is 13.8. The van der Waals surface area contributed by atoms with Crippen LogP contribution in [-0.4, -0.2) is 14.9 Å². The van der Waals surface area contributed by atoms with Gasteiger partial charge in [0.15, 0.2) is 0 Å². The Bertz CT molecular complexity index is 875. The minimum Gasteiger partial charge on any atom is -0.489 e. The highest BCUT2D eigenvalue weighted by Gasteiger charge is 2.08. The molecule has 0 unspecified atom stereocenters. The molecule has 0 radical (unpaired) electrons. The molecule has 1 heterocycles. The van der Waals surface area contributed by atoms with Gasteiger partial charge in [-0.1, -0.05) is 29.8 Å². The molecule has 0 spiro atoms. The molecule has 0 bridgehead atoms. The monoisotopic (exact) mass is 364 g/mol. The minimum absolute atomic E-state index is 0.0647. The first-order valence-corrected chi connectivity index (χ1v) is 7.92. The van der Waals surface area contributed by atoms with Crippen molar-refractivity contribution in [2.75, 3.05) is 5.43 Å². The second-order valence-electron chi connectivity index (χ2n) is 5.00. The molecular formula is C16H14ClFN4OS. The molecule has 0 aliphatic carbocycles. The van der Waals surface area contributed by atoms with Gasteiger partial charge in [-0.05, 0) is 42.0 Å². The van der Waals surface area contributed by atoms with E-state index < -0.39 is 0 Å². The maximum atomic E-state index is 13.8. The van der Waals surface area contributed by atoms with Gasteiger partial charge in [-0.2, -0.15) is 5.10 Å². The SMILES string of the molecule is Fc1cccc(Cl)c1COc1cccc(CNn2cn[nH]c2=S)c1. The Morgan fingerprint density at radius 1 is 1.29 bits per heavy atom. The van der Waals surface area contributed by atoms with Crippen molar-refractivity contribution >= 4 is 23.8 Å². The number of hydrogen-bond acceptors (Lipinski definition) is 4. The fourth-order valence-electron chi connectivity index (χ4n) is 2.11. The predicted molar refractivity (Wildman–Crippen MR) is 92.7 cm³/mol. The van der Waals surface area contributed by atoms with Crippen molar-refractivity contribution in [2.45, 2.75) is 13.2 Å². The van der Waals surface area contributed by atoms with Crippen LogP contribution in [0.4, 0.5) is 4.39 Å². The molecule has 0 aliphatic rings. The summed E-state index contributed by atoms with van der Waals surface area (Å²) in [6.45, 7) is 0.598. The van der Waals surface area contributed by atoms with Crippen molar-refractivity contribution in [2.24, 2.45) is 0 Å². The molecule has 0 saturated heterocycles. The summed E-state index contributed by atoms with van der Waals surface area (Å²) in [6, 6.07) is 12.0. The Morgan fingerprint density at radius 3 is 2.88 bits per heavy atom. The highest BCUT2D eigenvalue weighted by molar-refractivity contribution is 7.71. The summed E-state index contributed by atoms with van der Waals surface area (Å²) in [6.07, 6.45) is 1.56. The smallest absolute Gasteiger partial charge is 0.214 e. The molecule has 24 heavy (non-hydrogen) atoms. The average Bonchev–Trinajstić information content (AvgIpc) is 2.98. The zero-order valence-corrected chi connectivity index (χ0v) is 14.1. The van der Waals surface area contributed by atoms with Gasteiger partial charge < -0.3 is 10.2 Å². The molecule has 3 aromatic rings. The van der Waals surface area contributed by atoms with E-state index in [-0.39, 0.29) is 12.4 Å². The number of nitrogens with one attached hydrogen (secondary N) is 2. The van der Waals surface area contributed by atoms with E-state index >= 15 is 0 Å².